The second-order valence-electron chi connectivity index (χ2n) is 11.6. The summed E-state index contributed by atoms with van der Waals surface area (Å²) < 4.78 is 22.8. The highest BCUT2D eigenvalue weighted by molar-refractivity contribution is 5.94. The number of halogens is 1. The Morgan fingerprint density at radius 1 is 1.19 bits per heavy atom. The number of fused-ring (bicyclic) bond motifs is 2. The van der Waals surface area contributed by atoms with Gasteiger partial charge in [-0.05, 0) is 50.9 Å². The number of hydrogen-bond acceptors (Lipinski definition) is 8. The maximum absolute atomic E-state index is 16.6. The number of amides is 1. The van der Waals surface area contributed by atoms with Crippen LogP contribution in [0.25, 0.3) is 27.0 Å². The highest BCUT2D eigenvalue weighted by atomic mass is 19.1. The summed E-state index contributed by atoms with van der Waals surface area (Å²) in [6.07, 6.45) is 7.03. The number of benzene rings is 1. The van der Waals surface area contributed by atoms with Crippen LogP contribution in [0, 0.1) is 12.4 Å². The van der Waals surface area contributed by atoms with Crippen LogP contribution in [0.3, 0.4) is 0 Å². The molecular formula is C32H37FN8O2. The van der Waals surface area contributed by atoms with Gasteiger partial charge in [-0.25, -0.2) is 11.0 Å². The number of aromatic nitrogens is 3. The number of hydrogen-bond donors (Lipinski definition) is 0. The van der Waals surface area contributed by atoms with Gasteiger partial charge in [0.05, 0.1) is 5.39 Å². The number of piperazine rings is 1. The van der Waals surface area contributed by atoms with Gasteiger partial charge in [0.25, 0.3) is 0 Å². The van der Waals surface area contributed by atoms with E-state index in [1.165, 1.54) is 11.6 Å². The Morgan fingerprint density at radius 2 is 2.05 bits per heavy atom. The fourth-order valence-corrected chi connectivity index (χ4v) is 6.65. The molecular weight excluding hydrogens is 547 g/mol. The molecule has 43 heavy (non-hydrogen) atoms. The number of nitrogens with zero attached hydrogens (tertiary/aromatic N) is 8. The molecule has 0 N–H and O–H groups in total. The topological polar surface area (TPSA) is 82.3 Å². The summed E-state index contributed by atoms with van der Waals surface area (Å²) in [7, 11) is 4.10. The van der Waals surface area contributed by atoms with E-state index in [0.717, 1.165) is 50.0 Å². The minimum Gasteiger partial charge on any atom is -0.462 e. The predicted molar refractivity (Wildman–Crippen MR) is 165 cm³/mol. The van der Waals surface area contributed by atoms with Crippen molar-refractivity contribution in [1.82, 2.24) is 24.8 Å². The fourth-order valence-electron chi connectivity index (χ4n) is 6.65. The molecule has 3 aromatic rings. The molecule has 1 amide bonds. The van der Waals surface area contributed by atoms with Gasteiger partial charge in [0, 0.05) is 56.7 Å². The van der Waals surface area contributed by atoms with Gasteiger partial charge in [-0.1, -0.05) is 24.8 Å². The van der Waals surface area contributed by atoms with Gasteiger partial charge in [0.1, 0.15) is 29.7 Å². The Labute approximate surface area is 251 Å². The van der Waals surface area contributed by atoms with Crippen LogP contribution >= 0.6 is 0 Å². The molecule has 0 bridgehead atoms. The molecule has 3 aliphatic heterocycles. The Balaban J connectivity index is 1.44. The molecule has 0 spiro atoms. The van der Waals surface area contributed by atoms with E-state index in [0.29, 0.717) is 37.4 Å². The number of ether oxygens (including phenoxy) is 1. The molecule has 224 valence electrons. The van der Waals surface area contributed by atoms with Gasteiger partial charge in [0.15, 0.2) is 5.82 Å². The normalized spacial score (nSPS) is 20.7. The summed E-state index contributed by atoms with van der Waals surface area (Å²) in [5.41, 5.74) is 3.31. The second kappa shape index (κ2) is 12.1. The van der Waals surface area contributed by atoms with Crippen molar-refractivity contribution in [1.29, 1.82) is 0 Å². The lowest BCUT2D eigenvalue weighted by atomic mass is 9.96. The molecule has 2 saturated heterocycles. The smallest absolute Gasteiger partial charge is 0.319 e. The lowest BCUT2D eigenvalue weighted by Crippen LogP contribution is -2.56. The largest absolute Gasteiger partial charge is 0.462 e. The third-order valence-electron chi connectivity index (χ3n) is 8.96. The zero-order valence-corrected chi connectivity index (χ0v) is 24.8. The maximum atomic E-state index is 16.6. The molecule has 0 unspecified atom stereocenters. The van der Waals surface area contributed by atoms with Gasteiger partial charge >= 0.3 is 6.01 Å². The van der Waals surface area contributed by atoms with Crippen molar-refractivity contribution in [2.75, 3.05) is 69.8 Å². The van der Waals surface area contributed by atoms with Crippen LogP contribution in [0.5, 0.6) is 6.01 Å². The Kier molecular flexibility index (Phi) is 8.13. The third-order valence-corrected chi connectivity index (χ3v) is 8.96. The van der Waals surface area contributed by atoms with E-state index in [1.807, 2.05) is 24.1 Å². The average molecular weight is 585 g/mol. The van der Waals surface area contributed by atoms with E-state index < -0.39 is 5.82 Å². The van der Waals surface area contributed by atoms with E-state index in [-0.39, 0.29) is 41.8 Å². The second-order valence-corrected chi connectivity index (χ2v) is 11.6. The fraction of sp³-hybridized carbons (Fsp3) is 0.469. The number of carbonyl (C=O) groups excluding carboxylic acids is 1. The number of rotatable bonds is 7. The van der Waals surface area contributed by atoms with Crippen LogP contribution in [-0.4, -0.2) is 103 Å². The van der Waals surface area contributed by atoms with Gasteiger partial charge in [-0.3, -0.25) is 9.78 Å². The van der Waals surface area contributed by atoms with Crippen molar-refractivity contribution < 1.29 is 13.9 Å². The number of pyridine rings is 1. The lowest BCUT2D eigenvalue weighted by molar-refractivity contribution is -0.128. The summed E-state index contributed by atoms with van der Waals surface area (Å²) >= 11 is 0. The molecule has 10 nitrogen and oxygen atoms in total. The first-order valence-electron chi connectivity index (χ1n) is 14.9. The highest BCUT2D eigenvalue weighted by Crippen LogP contribution is 2.39. The molecule has 1 aromatic carbocycles. The SMILES string of the molecule is [C-]#[N+]C[C@H]1CN(c2nc(OC[C@@H]3CCCN3C)nc3c(F)c(-c4cccc5c4N(C)CCC5)ncc23)CCN1C(=O)C=C. The quantitative estimate of drug-likeness (QED) is 0.307. The Morgan fingerprint density at radius 3 is 2.81 bits per heavy atom. The van der Waals surface area contributed by atoms with Gasteiger partial charge in [-0.15, -0.1) is 0 Å². The molecule has 3 aliphatic rings. The molecule has 5 heterocycles. The summed E-state index contributed by atoms with van der Waals surface area (Å²) in [5, 5.41) is 0.467. The lowest BCUT2D eigenvalue weighted by Gasteiger charge is -2.39. The minimum absolute atomic E-state index is 0.109. The standard InChI is InChI=1S/C32H37FN8O2/c1-5-26(42)41-16-15-40(19-23(41)17-34-2)31-25-18-35-28(24-12-6-9-21-10-7-14-39(4)30(21)24)27(33)29(25)36-32(37-31)43-20-22-11-8-13-38(22)3/h5-6,9,12,18,22-23H,1,7-8,10-11,13-17,19-20H2,3-4H3/t22-,23-/m0/s1. The van der Waals surface area contributed by atoms with E-state index in [4.69, 9.17) is 16.3 Å². The minimum atomic E-state index is -0.519. The predicted octanol–water partition coefficient (Wildman–Crippen LogP) is 3.81. The zero-order chi connectivity index (χ0) is 30.1. The molecule has 2 atom stereocenters. The van der Waals surface area contributed by atoms with E-state index in [9.17, 15) is 4.79 Å². The van der Waals surface area contributed by atoms with Crippen LogP contribution in [-0.2, 0) is 11.2 Å². The molecule has 11 heteroatoms. The zero-order valence-electron chi connectivity index (χ0n) is 24.8. The van der Waals surface area contributed by atoms with Crippen molar-refractivity contribution in [3.63, 3.8) is 0 Å². The highest BCUT2D eigenvalue weighted by Gasteiger charge is 2.34. The first-order chi connectivity index (χ1) is 20.9. The Hall–Kier alpha value is -4.30. The molecule has 0 saturated carbocycles. The maximum Gasteiger partial charge on any atom is 0.319 e. The first kappa shape index (κ1) is 28.8. The molecule has 0 aliphatic carbocycles. The summed E-state index contributed by atoms with van der Waals surface area (Å²) in [6, 6.07) is 5.95. The van der Waals surface area contributed by atoms with E-state index in [1.54, 1.807) is 11.1 Å². The van der Waals surface area contributed by atoms with Crippen LogP contribution < -0.4 is 14.5 Å². The third kappa shape index (κ3) is 5.47. The molecule has 2 aromatic heterocycles. The van der Waals surface area contributed by atoms with Crippen LogP contribution in [0.15, 0.2) is 37.1 Å². The Bertz CT molecular complexity index is 1590. The monoisotopic (exact) mass is 584 g/mol. The molecule has 0 radical (unpaired) electrons. The average Bonchev–Trinajstić information content (AvgIpc) is 3.44. The van der Waals surface area contributed by atoms with Crippen LogP contribution in [0.2, 0.25) is 0 Å². The van der Waals surface area contributed by atoms with Gasteiger partial charge < -0.3 is 29.2 Å². The number of aryl methyl sites for hydroxylation is 1. The van der Waals surface area contributed by atoms with Crippen molar-refractivity contribution >= 4 is 28.3 Å². The van der Waals surface area contributed by atoms with Gasteiger partial charge in [0.2, 0.25) is 12.5 Å². The number of carbonyl (C=O) groups is 1. The molecule has 2 fully saturated rings. The molecule has 6 rings (SSSR count). The van der Waals surface area contributed by atoms with Crippen molar-refractivity contribution in [3.8, 4) is 17.3 Å². The summed E-state index contributed by atoms with van der Waals surface area (Å²) in [6.45, 7) is 14.7. The van der Waals surface area contributed by atoms with Crippen molar-refractivity contribution in [2.24, 2.45) is 0 Å². The van der Waals surface area contributed by atoms with Crippen molar-refractivity contribution in [3.05, 3.63) is 59.8 Å². The van der Waals surface area contributed by atoms with Crippen molar-refractivity contribution in [2.45, 2.75) is 37.8 Å². The number of likely N-dealkylation sites (tertiary alicyclic amines) is 1. The van der Waals surface area contributed by atoms with Crippen LogP contribution in [0.1, 0.15) is 24.8 Å². The van der Waals surface area contributed by atoms with Crippen LogP contribution in [0.4, 0.5) is 15.9 Å². The van der Waals surface area contributed by atoms with Gasteiger partial charge in [-0.2, -0.15) is 9.97 Å². The number of para-hydroxylation sites is 1. The summed E-state index contributed by atoms with van der Waals surface area (Å²) in [4.78, 5) is 38.2. The number of anilines is 2. The first-order valence-corrected chi connectivity index (χ1v) is 14.9. The summed E-state index contributed by atoms with van der Waals surface area (Å²) in [5.74, 6) is -0.237. The van der Waals surface area contributed by atoms with E-state index >= 15 is 4.39 Å². The van der Waals surface area contributed by atoms with E-state index in [2.05, 4.69) is 44.3 Å². The number of likely N-dealkylation sites (N-methyl/N-ethyl adjacent to an activating group) is 1.